The molecule has 0 fully saturated rings. The summed E-state index contributed by atoms with van der Waals surface area (Å²) in [5, 5.41) is 8.13. The van der Waals surface area contributed by atoms with Crippen molar-refractivity contribution in [3.8, 4) is 0 Å². The van der Waals surface area contributed by atoms with Gasteiger partial charge in [-0.3, -0.25) is 4.90 Å². The van der Waals surface area contributed by atoms with Crippen molar-refractivity contribution in [2.45, 2.75) is 19.1 Å². The first kappa shape index (κ1) is 14.2. The highest BCUT2D eigenvalue weighted by Gasteiger charge is 2.25. The lowest BCUT2D eigenvalue weighted by Crippen LogP contribution is -2.39. The maximum Gasteiger partial charge on any atom is 0.147 e. The highest BCUT2D eigenvalue weighted by molar-refractivity contribution is 9.13. The van der Waals surface area contributed by atoms with Gasteiger partial charge in [0.2, 0.25) is 0 Å². The second-order valence-corrected chi connectivity index (χ2v) is 6.54. The number of nitrogens with two attached hydrogens (primary N) is 1. The normalized spacial score (nSPS) is 16.9. The molecule has 0 aliphatic carbocycles. The molecule has 0 bridgehead atoms. The third-order valence-corrected chi connectivity index (χ3v) is 5.54. The summed E-state index contributed by atoms with van der Waals surface area (Å²) in [5.41, 5.74) is 7.23. The van der Waals surface area contributed by atoms with Crippen LogP contribution in [0.4, 0.5) is 0 Å². The molecule has 106 valence electrons. The summed E-state index contributed by atoms with van der Waals surface area (Å²) in [4.78, 5) is 2.36. The molecule has 5 nitrogen and oxygen atoms in total. The highest BCUT2D eigenvalue weighted by atomic mass is 79.9. The summed E-state index contributed by atoms with van der Waals surface area (Å²) in [5.74, 6) is 1.01. The van der Waals surface area contributed by atoms with Gasteiger partial charge in [0.1, 0.15) is 12.2 Å². The average Bonchev–Trinajstić information content (AvgIpc) is 2.91. The number of fused-ring (bicyclic) bond motifs is 1. The number of rotatable bonds is 3. The molecular weight excluding hydrogens is 386 g/mol. The monoisotopic (exact) mass is 399 g/mol. The standard InChI is InChI=1S/C13H15Br2N5/c14-10-2-1-9(5-11(10)15)12(6-16)19-3-4-20-8-17-18-13(20)7-19/h1-2,5,8,12H,3-4,6-7,16H2. The third-order valence-electron chi connectivity index (χ3n) is 3.66. The summed E-state index contributed by atoms with van der Waals surface area (Å²) in [6.45, 7) is 3.24. The van der Waals surface area contributed by atoms with E-state index in [1.54, 1.807) is 6.33 Å². The van der Waals surface area contributed by atoms with E-state index in [1.807, 2.05) is 0 Å². The van der Waals surface area contributed by atoms with Crippen LogP contribution in [0.3, 0.4) is 0 Å². The molecule has 7 heteroatoms. The minimum Gasteiger partial charge on any atom is -0.329 e. The molecule has 2 N–H and O–H groups in total. The molecule has 2 heterocycles. The molecule has 1 aromatic heterocycles. The summed E-state index contributed by atoms with van der Waals surface area (Å²) in [6, 6.07) is 6.49. The number of halogens is 2. The molecule has 0 radical (unpaired) electrons. The Kier molecular flexibility index (Phi) is 4.21. The van der Waals surface area contributed by atoms with E-state index >= 15 is 0 Å². The summed E-state index contributed by atoms with van der Waals surface area (Å²) in [6.07, 6.45) is 1.79. The molecule has 2 aromatic rings. The Labute approximate surface area is 134 Å². The van der Waals surface area contributed by atoms with Crippen molar-refractivity contribution >= 4 is 31.9 Å². The summed E-state index contributed by atoms with van der Waals surface area (Å²) >= 11 is 7.05. The van der Waals surface area contributed by atoms with Crippen LogP contribution in [0.15, 0.2) is 33.5 Å². The fourth-order valence-electron chi connectivity index (χ4n) is 2.57. The van der Waals surface area contributed by atoms with Crippen LogP contribution in [-0.2, 0) is 13.1 Å². The van der Waals surface area contributed by atoms with Crippen LogP contribution in [0.2, 0.25) is 0 Å². The van der Waals surface area contributed by atoms with Gasteiger partial charge >= 0.3 is 0 Å². The van der Waals surface area contributed by atoms with E-state index < -0.39 is 0 Å². The van der Waals surface area contributed by atoms with Gasteiger partial charge in [-0.1, -0.05) is 6.07 Å². The Morgan fingerprint density at radius 1 is 1.25 bits per heavy atom. The lowest BCUT2D eigenvalue weighted by molar-refractivity contribution is 0.156. The number of hydrogen-bond donors (Lipinski definition) is 1. The maximum atomic E-state index is 6.01. The number of nitrogens with zero attached hydrogens (tertiary/aromatic N) is 4. The lowest BCUT2D eigenvalue weighted by atomic mass is 10.0. The number of benzene rings is 1. The smallest absolute Gasteiger partial charge is 0.147 e. The van der Waals surface area contributed by atoms with Crippen LogP contribution in [0.1, 0.15) is 17.4 Å². The van der Waals surface area contributed by atoms with Gasteiger partial charge < -0.3 is 10.3 Å². The van der Waals surface area contributed by atoms with Gasteiger partial charge in [0.15, 0.2) is 0 Å². The molecular formula is C13H15Br2N5. The highest BCUT2D eigenvalue weighted by Crippen LogP contribution is 2.30. The second kappa shape index (κ2) is 5.93. The van der Waals surface area contributed by atoms with Crippen molar-refractivity contribution in [2.75, 3.05) is 13.1 Å². The molecule has 20 heavy (non-hydrogen) atoms. The lowest BCUT2D eigenvalue weighted by Gasteiger charge is -2.34. The van der Waals surface area contributed by atoms with Crippen molar-refractivity contribution in [3.05, 3.63) is 44.9 Å². The van der Waals surface area contributed by atoms with Crippen LogP contribution < -0.4 is 5.73 Å². The zero-order valence-electron chi connectivity index (χ0n) is 10.8. The van der Waals surface area contributed by atoms with Crippen LogP contribution in [0.5, 0.6) is 0 Å². The minimum atomic E-state index is 0.199. The first-order valence-electron chi connectivity index (χ1n) is 6.45. The maximum absolute atomic E-state index is 6.01. The Morgan fingerprint density at radius 3 is 2.85 bits per heavy atom. The van der Waals surface area contributed by atoms with E-state index in [2.05, 4.69) is 69.7 Å². The zero-order valence-corrected chi connectivity index (χ0v) is 14.0. The molecule has 1 aliphatic heterocycles. The molecule has 1 aliphatic rings. The minimum absolute atomic E-state index is 0.199. The van der Waals surface area contributed by atoms with Crippen molar-refractivity contribution in [1.29, 1.82) is 0 Å². The largest absolute Gasteiger partial charge is 0.329 e. The molecule has 1 atom stereocenters. The predicted octanol–water partition coefficient (Wildman–Crippen LogP) is 2.32. The Hall–Kier alpha value is -0.760. The summed E-state index contributed by atoms with van der Waals surface area (Å²) < 4.78 is 4.20. The molecule has 1 aromatic carbocycles. The van der Waals surface area contributed by atoms with Gasteiger partial charge in [-0.15, -0.1) is 10.2 Å². The fourth-order valence-corrected chi connectivity index (χ4v) is 3.21. The number of hydrogen-bond acceptors (Lipinski definition) is 4. The first-order chi connectivity index (χ1) is 9.69. The van der Waals surface area contributed by atoms with Gasteiger partial charge in [0, 0.05) is 34.6 Å². The van der Waals surface area contributed by atoms with Crippen molar-refractivity contribution in [3.63, 3.8) is 0 Å². The van der Waals surface area contributed by atoms with Crippen molar-refractivity contribution in [1.82, 2.24) is 19.7 Å². The van der Waals surface area contributed by atoms with Crippen LogP contribution in [0, 0.1) is 0 Å². The molecule has 3 rings (SSSR count). The van der Waals surface area contributed by atoms with Gasteiger partial charge in [-0.2, -0.15) is 0 Å². The topological polar surface area (TPSA) is 60.0 Å². The van der Waals surface area contributed by atoms with Gasteiger partial charge in [-0.05, 0) is 49.6 Å². The molecule has 0 saturated carbocycles. The average molecular weight is 401 g/mol. The summed E-state index contributed by atoms with van der Waals surface area (Å²) in [7, 11) is 0. The van der Waals surface area contributed by atoms with Crippen LogP contribution in [0.25, 0.3) is 0 Å². The van der Waals surface area contributed by atoms with E-state index in [9.17, 15) is 0 Å². The third kappa shape index (κ3) is 2.67. The molecule has 0 saturated heterocycles. The zero-order chi connectivity index (χ0) is 14.1. The Morgan fingerprint density at radius 2 is 2.10 bits per heavy atom. The molecule has 0 amide bonds. The Balaban J connectivity index is 1.85. The fraction of sp³-hybridized carbons (Fsp3) is 0.385. The van der Waals surface area contributed by atoms with E-state index in [0.29, 0.717) is 6.54 Å². The number of aromatic nitrogens is 3. The second-order valence-electron chi connectivity index (χ2n) is 4.84. The SMILES string of the molecule is NCC(c1ccc(Br)c(Br)c1)N1CCn2cnnc2C1. The molecule has 0 spiro atoms. The first-order valence-corrected chi connectivity index (χ1v) is 8.03. The van der Waals surface area contributed by atoms with Gasteiger partial charge in [0.25, 0.3) is 0 Å². The van der Waals surface area contributed by atoms with Gasteiger partial charge in [0.05, 0.1) is 6.54 Å². The van der Waals surface area contributed by atoms with E-state index in [-0.39, 0.29) is 6.04 Å². The van der Waals surface area contributed by atoms with Crippen molar-refractivity contribution in [2.24, 2.45) is 5.73 Å². The van der Waals surface area contributed by atoms with E-state index in [4.69, 9.17) is 5.73 Å². The predicted molar refractivity (Wildman–Crippen MR) is 84.1 cm³/mol. The van der Waals surface area contributed by atoms with Crippen LogP contribution >= 0.6 is 31.9 Å². The van der Waals surface area contributed by atoms with Crippen LogP contribution in [-0.4, -0.2) is 32.8 Å². The Bertz CT molecular complexity index is 613. The quantitative estimate of drug-likeness (QED) is 0.858. The van der Waals surface area contributed by atoms with E-state index in [1.165, 1.54) is 5.56 Å². The van der Waals surface area contributed by atoms with Crippen molar-refractivity contribution < 1.29 is 0 Å². The van der Waals surface area contributed by atoms with Gasteiger partial charge in [-0.25, -0.2) is 0 Å². The van der Waals surface area contributed by atoms with E-state index in [0.717, 1.165) is 34.4 Å². The molecule has 1 unspecified atom stereocenters.